The second-order valence-corrected chi connectivity index (χ2v) is 7.29. The van der Waals surface area contributed by atoms with Crippen LogP contribution in [-0.4, -0.2) is 15.9 Å². The summed E-state index contributed by atoms with van der Waals surface area (Å²) < 4.78 is 32.4. The number of H-pyrrole nitrogens is 1. The van der Waals surface area contributed by atoms with Crippen LogP contribution in [0.5, 0.6) is 0 Å². The number of carbonyl (C=O) groups excluding carboxylic acids is 1. The van der Waals surface area contributed by atoms with Gasteiger partial charge in [-0.3, -0.25) is 4.79 Å². The zero-order valence-corrected chi connectivity index (χ0v) is 15.0. The van der Waals surface area contributed by atoms with Crippen molar-refractivity contribution in [2.45, 2.75) is 25.3 Å². The lowest BCUT2D eigenvalue weighted by atomic mass is 10.2. The van der Waals surface area contributed by atoms with Gasteiger partial charge in [-0.15, -0.1) is 0 Å². The van der Waals surface area contributed by atoms with E-state index in [0.29, 0.717) is 40.0 Å². The number of nitrogens with one attached hydrogen (secondary N) is 2. The monoisotopic (exact) mass is 381 g/mol. The maximum absolute atomic E-state index is 13.3. The van der Waals surface area contributed by atoms with E-state index in [4.69, 9.17) is 4.42 Å². The standard InChI is InChI=1S/C21H17F2N3O2/c1-10(19-7-11-6-12(22)3-5-18(11)28-19)24-21(27)15-9-14(15)20-25-16-4-2-13(23)8-17(16)26-20/h2-8,10,14-15H,9H2,1H3,(H,24,27)(H,25,26)/t10?,14-,15-/m0/s1. The number of carbonyl (C=O) groups is 1. The lowest BCUT2D eigenvalue weighted by Gasteiger charge is -2.11. The third-order valence-electron chi connectivity index (χ3n) is 5.22. The van der Waals surface area contributed by atoms with Crippen LogP contribution < -0.4 is 5.32 Å². The number of hydrogen-bond donors (Lipinski definition) is 2. The number of amides is 1. The molecule has 3 atom stereocenters. The molecule has 0 spiro atoms. The molecule has 0 aliphatic heterocycles. The topological polar surface area (TPSA) is 70.9 Å². The van der Waals surface area contributed by atoms with Crippen molar-refractivity contribution < 1.29 is 18.0 Å². The van der Waals surface area contributed by atoms with E-state index in [1.807, 2.05) is 6.92 Å². The van der Waals surface area contributed by atoms with E-state index in [-0.39, 0.29) is 35.4 Å². The summed E-state index contributed by atoms with van der Waals surface area (Å²) in [4.78, 5) is 20.2. The molecule has 28 heavy (non-hydrogen) atoms. The molecule has 2 heterocycles. The van der Waals surface area contributed by atoms with Crippen LogP contribution in [0, 0.1) is 17.6 Å². The van der Waals surface area contributed by atoms with Gasteiger partial charge >= 0.3 is 0 Å². The number of nitrogens with zero attached hydrogens (tertiary/aromatic N) is 1. The molecule has 0 radical (unpaired) electrons. The Labute approximate surface area is 158 Å². The van der Waals surface area contributed by atoms with Crippen molar-refractivity contribution in [3.05, 3.63) is 65.7 Å². The average molecular weight is 381 g/mol. The molecular weight excluding hydrogens is 364 g/mol. The smallest absolute Gasteiger partial charge is 0.224 e. The Balaban J connectivity index is 1.28. The van der Waals surface area contributed by atoms with E-state index in [9.17, 15) is 13.6 Å². The fraction of sp³-hybridized carbons (Fsp3) is 0.238. The molecule has 1 aliphatic rings. The third-order valence-corrected chi connectivity index (χ3v) is 5.22. The van der Waals surface area contributed by atoms with E-state index in [2.05, 4.69) is 15.3 Å². The first-order valence-corrected chi connectivity index (χ1v) is 9.12. The average Bonchev–Trinajstić information content (AvgIpc) is 3.17. The number of halogens is 2. The van der Waals surface area contributed by atoms with Gasteiger partial charge in [0.15, 0.2) is 0 Å². The largest absolute Gasteiger partial charge is 0.459 e. The molecular formula is C21H17F2N3O2. The summed E-state index contributed by atoms with van der Waals surface area (Å²) >= 11 is 0. The molecule has 1 fully saturated rings. The highest BCUT2D eigenvalue weighted by molar-refractivity contribution is 5.84. The van der Waals surface area contributed by atoms with Gasteiger partial charge in [0, 0.05) is 17.2 Å². The zero-order valence-electron chi connectivity index (χ0n) is 15.0. The molecule has 4 aromatic rings. The van der Waals surface area contributed by atoms with Gasteiger partial charge in [0.2, 0.25) is 5.91 Å². The van der Waals surface area contributed by atoms with Gasteiger partial charge in [0.1, 0.15) is 28.8 Å². The van der Waals surface area contributed by atoms with Crippen molar-refractivity contribution in [3.63, 3.8) is 0 Å². The van der Waals surface area contributed by atoms with Crippen LogP contribution in [0.4, 0.5) is 8.78 Å². The van der Waals surface area contributed by atoms with Gasteiger partial charge in [-0.25, -0.2) is 13.8 Å². The van der Waals surface area contributed by atoms with Crippen LogP contribution >= 0.6 is 0 Å². The van der Waals surface area contributed by atoms with Crippen molar-refractivity contribution in [3.8, 4) is 0 Å². The summed E-state index contributed by atoms with van der Waals surface area (Å²) in [5, 5.41) is 3.61. The molecule has 1 aliphatic carbocycles. The number of furan rings is 1. The quantitative estimate of drug-likeness (QED) is 0.544. The lowest BCUT2D eigenvalue weighted by molar-refractivity contribution is -0.123. The predicted octanol–water partition coefficient (Wildman–Crippen LogP) is 4.57. The maximum atomic E-state index is 13.3. The second kappa shape index (κ2) is 6.15. The molecule has 0 saturated heterocycles. The normalized spacial score (nSPS) is 19.8. The summed E-state index contributed by atoms with van der Waals surface area (Å²) in [6, 6.07) is 10.1. The van der Waals surface area contributed by atoms with E-state index in [0.717, 1.165) is 0 Å². The van der Waals surface area contributed by atoms with Gasteiger partial charge in [0.05, 0.1) is 17.1 Å². The van der Waals surface area contributed by atoms with Crippen molar-refractivity contribution >= 4 is 27.9 Å². The Morgan fingerprint density at radius 2 is 2.00 bits per heavy atom. The molecule has 2 aromatic heterocycles. The third kappa shape index (κ3) is 2.93. The summed E-state index contributed by atoms with van der Waals surface area (Å²) in [6.07, 6.45) is 0.687. The number of aromatic amines is 1. The molecule has 1 amide bonds. The number of benzene rings is 2. The van der Waals surface area contributed by atoms with Crippen LogP contribution in [0.15, 0.2) is 46.9 Å². The molecule has 0 bridgehead atoms. The zero-order chi connectivity index (χ0) is 19.4. The summed E-state index contributed by atoms with van der Waals surface area (Å²) in [5.74, 6) is 0.339. The number of hydrogen-bond acceptors (Lipinski definition) is 3. The minimum absolute atomic E-state index is 0.00701. The van der Waals surface area contributed by atoms with E-state index < -0.39 is 0 Å². The Kier molecular flexibility index (Phi) is 3.72. The van der Waals surface area contributed by atoms with Crippen LogP contribution in [-0.2, 0) is 4.79 Å². The SMILES string of the molecule is CC(NC(=O)[C@H]1C[C@@H]1c1nc2ccc(F)cc2[nH]1)c1cc2cc(F)ccc2o1. The number of imidazole rings is 1. The molecule has 5 rings (SSSR count). The number of aromatic nitrogens is 2. The van der Waals surface area contributed by atoms with Crippen LogP contribution in [0.25, 0.3) is 22.0 Å². The first-order chi connectivity index (χ1) is 13.5. The van der Waals surface area contributed by atoms with Crippen molar-refractivity contribution in [1.29, 1.82) is 0 Å². The minimum atomic E-state index is -0.339. The van der Waals surface area contributed by atoms with Gasteiger partial charge in [-0.2, -0.15) is 0 Å². The summed E-state index contributed by atoms with van der Waals surface area (Å²) in [7, 11) is 0. The van der Waals surface area contributed by atoms with Crippen molar-refractivity contribution in [2.75, 3.05) is 0 Å². The Morgan fingerprint density at radius 3 is 2.86 bits per heavy atom. The van der Waals surface area contributed by atoms with Crippen LogP contribution in [0.3, 0.4) is 0 Å². The molecule has 7 heteroatoms. The molecule has 2 aromatic carbocycles. The fourth-order valence-corrected chi connectivity index (χ4v) is 3.60. The fourth-order valence-electron chi connectivity index (χ4n) is 3.60. The molecule has 2 N–H and O–H groups in total. The molecule has 1 unspecified atom stereocenters. The van der Waals surface area contributed by atoms with Gasteiger partial charge in [0.25, 0.3) is 0 Å². The first kappa shape index (κ1) is 16.9. The second-order valence-electron chi connectivity index (χ2n) is 7.29. The highest BCUT2D eigenvalue weighted by Gasteiger charge is 2.46. The summed E-state index contributed by atoms with van der Waals surface area (Å²) in [5.41, 5.74) is 1.89. The predicted molar refractivity (Wildman–Crippen MR) is 99.6 cm³/mol. The molecule has 142 valence electrons. The van der Waals surface area contributed by atoms with Crippen LogP contribution in [0.2, 0.25) is 0 Å². The van der Waals surface area contributed by atoms with E-state index >= 15 is 0 Å². The van der Waals surface area contributed by atoms with Crippen molar-refractivity contribution in [1.82, 2.24) is 15.3 Å². The Morgan fingerprint density at radius 1 is 1.21 bits per heavy atom. The molecule has 5 nitrogen and oxygen atoms in total. The highest BCUT2D eigenvalue weighted by Crippen LogP contribution is 2.47. The lowest BCUT2D eigenvalue weighted by Crippen LogP contribution is -2.28. The van der Waals surface area contributed by atoms with E-state index in [1.165, 1.54) is 24.3 Å². The van der Waals surface area contributed by atoms with Gasteiger partial charge < -0.3 is 14.7 Å². The molecule has 1 saturated carbocycles. The highest BCUT2D eigenvalue weighted by atomic mass is 19.1. The van der Waals surface area contributed by atoms with Gasteiger partial charge in [-0.05, 0) is 55.8 Å². The minimum Gasteiger partial charge on any atom is -0.459 e. The first-order valence-electron chi connectivity index (χ1n) is 9.12. The number of rotatable bonds is 4. The Hall–Kier alpha value is -3.22. The maximum Gasteiger partial charge on any atom is 0.224 e. The summed E-state index contributed by atoms with van der Waals surface area (Å²) in [6.45, 7) is 1.83. The Bertz CT molecular complexity index is 1210. The van der Waals surface area contributed by atoms with Crippen molar-refractivity contribution in [2.24, 2.45) is 5.92 Å². The van der Waals surface area contributed by atoms with Crippen LogP contribution in [0.1, 0.15) is 36.9 Å². The van der Waals surface area contributed by atoms with Gasteiger partial charge in [-0.1, -0.05) is 0 Å². The van der Waals surface area contributed by atoms with E-state index in [1.54, 1.807) is 18.2 Å². The number of fused-ring (bicyclic) bond motifs is 2.